The van der Waals surface area contributed by atoms with Gasteiger partial charge >= 0.3 is 33.6 Å². The molecule has 0 saturated carbocycles. The summed E-state index contributed by atoms with van der Waals surface area (Å²) in [5.74, 6) is -1.62. The molecule has 0 rings (SSSR count). The van der Waals surface area contributed by atoms with Crippen molar-refractivity contribution in [2.24, 2.45) is 0 Å². The van der Waals surface area contributed by atoms with Gasteiger partial charge in [-0.15, -0.1) is 0 Å². The van der Waals surface area contributed by atoms with Gasteiger partial charge in [0.1, 0.15) is 25.4 Å². The Hall–Kier alpha value is -5.61. The molecule has 5 unspecified atom stereocenters. The summed E-state index contributed by atoms with van der Waals surface area (Å²) < 4.78 is 61.3. The first-order valence-corrected chi connectivity index (χ1v) is 45.7. The highest BCUT2D eigenvalue weighted by molar-refractivity contribution is 7.47. The molecule has 0 aliphatic carbocycles. The molecule has 5 atom stereocenters. The number of aliphatic hydroxyl groups is 2. The summed E-state index contributed by atoms with van der Waals surface area (Å²) in [4.78, 5) is 58.8. The summed E-state index contributed by atoms with van der Waals surface area (Å²) in [5.41, 5.74) is 0. The van der Waals surface area contributed by atoms with Crippen molar-refractivity contribution >= 4 is 33.6 Å². The molecular formula is C93H152O16P2. The highest BCUT2D eigenvalue weighted by atomic mass is 31.2. The van der Waals surface area contributed by atoms with E-state index in [0.29, 0.717) is 19.3 Å². The van der Waals surface area contributed by atoms with Crippen LogP contribution in [0.5, 0.6) is 0 Å². The number of esters is 3. The van der Waals surface area contributed by atoms with Gasteiger partial charge in [-0.2, -0.15) is 0 Å². The lowest BCUT2D eigenvalue weighted by molar-refractivity contribution is -0.161. The molecule has 0 aromatic rings. The number of hydrogen-bond acceptors (Lipinski definition) is 14. The van der Waals surface area contributed by atoms with Crippen molar-refractivity contribution in [3.8, 4) is 0 Å². The maximum atomic E-state index is 13.0. The number of unbranched alkanes of at least 4 members (excludes halogenated alkanes) is 24. The fourth-order valence-corrected chi connectivity index (χ4v) is 12.5. The summed E-state index contributed by atoms with van der Waals surface area (Å²) in [6.07, 6.45) is 110. The molecule has 0 aromatic carbocycles. The standard InChI is InChI=1S/C93H152O16P2/c1-4-7-10-13-16-19-22-25-28-31-33-35-37-39-41-42-43-44-46-48-49-51-53-56-58-61-64-67-70-73-76-79-91(96)103-82-88(94)83-105-110(99,100)106-84-89(95)85-107-111(101,102)108-87-90(109-93(98)81-78-75-72-69-66-63-60-55-30-27-24-21-18-15-12-9-6-3)86-104-92(97)80-77-74-71-68-65-62-59-57-54-52-50-47-45-40-38-36-34-32-29-26-23-20-17-14-11-8-5-2/h7-12,16-21,25-30,33-36,39-41,43-45,50,52,60,63,88-90,94-95H,4-6,13-15,22-24,31-32,37-38,42,46-49,51,53-59,61-62,64-87H2,1-3H3,(H,99,100)(H,101,102)/b10-7-,11-8-,12-9-,19-16-,20-17-,21-18-,28-25-,29-26-,30-27-,35-33-,36-34-,41-39-,44-43-,45-40-,52-50-,63-60-. The molecular weight excluding hydrogens is 1430 g/mol. The zero-order valence-corrected chi connectivity index (χ0v) is 70.8. The Morgan fingerprint density at radius 1 is 0.252 bits per heavy atom. The van der Waals surface area contributed by atoms with E-state index in [1.165, 1.54) is 57.8 Å². The second kappa shape index (κ2) is 83.8. The maximum Gasteiger partial charge on any atom is 0.472 e. The Morgan fingerprint density at radius 3 is 0.712 bits per heavy atom. The van der Waals surface area contributed by atoms with E-state index in [9.17, 15) is 43.5 Å². The molecule has 0 saturated heterocycles. The summed E-state index contributed by atoms with van der Waals surface area (Å²) >= 11 is 0. The third kappa shape index (κ3) is 85.1. The molecule has 0 spiro atoms. The molecule has 4 N–H and O–H groups in total. The van der Waals surface area contributed by atoms with Crippen molar-refractivity contribution in [2.45, 2.75) is 334 Å². The molecule has 0 fully saturated rings. The number of phosphoric acid groups is 2. The Balaban J connectivity index is 4.59. The zero-order valence-electron chi connectivity index (χ0n) is 69.1. The second-order valence-electron chi connectivity index (χ2n) is 27.8. The van der Waals surface area contributed by atoms with Crippen LogP contribution in [-0.4, -0.2) is 95.9 Å². The molecule has 18 heteroatoms. The molecule has 111 heavy (non-hydrogen) atoms. The molecule has 0 aliphatic heterocycles. The number of phosphoric ester groups is 2. The smallest absolute Gasteiger partial charge is 0.463 e. The van der Waals surface area contributed by atoms with Crippen LogP contribution in [0.25, 0.3) is 0 Å². The SMILES string of the molecule is CC/C=C\C/C=C\C/C=C\C/C=C\C/C=C\C/C=C\CCCCCCCCCCCCCCC(=O)OCC(O)COP(=O)(O)OCC(O)COP(=O)(O)OCC(COC(=O)CCCCCCCCCC/C=C\C/C=C\C/C=C\C/C=C\C/C=C\C/C=C\CC)OC(=O)CCCCCC/C=C\C/C=C\C/C=C\C/C=C\CC. The highest BCUT2D eigenvalue weighted by Gasteiger charge is 2.29. The van der Waals surface area contributed by atoms with E-state index in [1.807, 2.05) is 0 Å². The first-order valence-electron chi connectivity index (χ1n) is 42.7. The average molecular weight is 1590 g/mol. The number of ether oxygens (including phenoxy) is 3. The number of carbonyl (C=O) groups excluding carboxylic acids is 3. The monoisotopic (exact) mass is 1590 g/mol. The summed E-state index contributed by atoms with van der Waals surface area (Å²) in [5, 5.41) is 20.7. The number of rotatable bonds is 79. The van der Waals surface area contributed by atoms with Crippen molar-refractivity contribution in [1.29, 1.82) is 0 Å². The van der Waals surface area contributed by atoms with Gasteiger partial charge in [0.25, 0.3) is 0 Å². The third-order valence-electron chi connectivity index (χ3n) is 17.3. The fourth-order valence-electron chi connectivity index (χ4n) is 10.9. The normalized spacial score (nSPS) is 14.8. The summed E-state index contributed by atoms with van der Waals surface area (Å²) in [6, 6.07) is 0. The Bertz CT molecular complexity index is 2800. The second-order valence-corrected chi connectivity index (χ2v) is 30.7. The van der Waals surface area contributed by atoms with E-state index >= 15 is 0 Å². The predicted molar refractivity (Wildman–Crippen MR) is 463 cm³/mol. The minimum absolute atomic E-state index is 0.0679. The Labute approximate surface area is 674 Å². The topological polar surface area (TPSA) is 231 Å². The number of allylic oxidation sites excluding steroid dienone is 32. The largest absolute Gasteiger partial charge is 0.472 e. The quantitative estimate of drug-likeness (QED) is 0.0146. The summed E-state index contributed by atoms with van der Waals surface area (Å²) in [7, 11) is -9.82. The van der Waals surface area contributed by atoms with Crippen molar-refractivity contribution in [3.63, 3.8) is 0 Å². The van der Waals surface area contributed by atoms with Gasteiger partial charge in [-0.1, -0.05) is 331 Å². The first-order chi connectivity index (χ1) is 54.2. The average Bonchev–Trinajstić information content (AvgIpc) is 0.900. The zero-order chi connectivity index (χ0) is 80.8. The van der Waals surface area contributed by atoms with E-state index in [2.05, 4.69) is 215 Å². The molecule has 16 nitrogen and oxygen atoms in total. The number of hydrogen-bond donors (Lipinski definition) is 4. The lowest BCUT2D eigenvalue weighted by Crippen LogP contribution is -2.30. The molecule has 0 heterocycles. The molecule has 0 bridgehead atoms. The van der Waals surface area contributed by atoms with Crippen LogP contribution in [0.2, 0.25) is 0 Å². The molecule has 0 aromatic heterocycles. The van der Waals surface area contributed by atoms with E-state index < -0.39 is 91.5 Å². The van der Waals surface area contributed by atoms with Crippen LogP contribution in [0, 0.1) is 0 Å². The van der Waals surface area contributed by atoms with Gasteiger partial charge in [0.2, 0.25) is 0 Å². The van der Waals surface area contributed by atoms with Crippen molar-refractivity contribution in [3.05, 3.63) is 194 Å². The van der Waals surface area contributed by atoms with Crippen molar-refractivity contribution < 1.29 is 75.8 Å². The predicted octanol–water partition coefficient (Wildman–Crippen LogP) is 25.9. The lowest BCUT2D eigenvalue weighted by Gasteiger charge is -2.21. The molecule has 0 amide bonds. The molecule has 0 aliphatic rings. The minimum Gasteiger partial charge on any atom is -0.463 e. The summed E-state index contributed by atoms with van der Waals surface area (Å²) in [6.45, 7) is 2.30. The van der Waals surface area contributed by atoms with Gasteiger partial charge in [0.15, 0.2) is 6.10 Å². The Morgan fingerprint density at radius 2 is 0.450 bits per heavy atom. The molecule has 0 radical (unpaired) electrons. The highest BCUT2D eigenvalue weighted by Crippen LogP contribution is 2.45. The third-order valence-corrected chi connectivity index (χ3v) is 19.2. The van der Waals surface area contributed by atoms with Gasteiger partial charge in [0, 0.05) is 19.3 Å². The fraction of sp³-hybridized carbons (Fsp3) is 0.624. The van der Waals surface area contributed by atoms with Gasteiger partial charge in [-0.3, -0.25) is 32.5 Å². The van der Waals surface area contributed by atoms with Crippen LogP contribution in [0.3, 0.4) is 0 Å². The van der Waals surface area contributed by atoms with Gasteiger partial charge in [-0.05, 0) is 161 Å². The van der Waals surface area contributed by atoms with Crippen LogP contribution in [-0.2, 0) is 55.8 Å². The van der Waals surface area contributed by atoms with Crippen LogP contribution in [0.1, 0.15) is 316 Å². The van der Waals surface area contributed by atoms with Crippen LogP contribution in [0.4, 0.5) is 0 Å². The van der Waals surface area contributed by atoms with Crippen LogP contribution >= 0.6 is 15.6 Å². The first kappa shape index (κ1) is 105. The maximum absolute atomic E-state index is 13.0. The van der Waals surface area contributed by atoms with Gasteiger partial charge in [0.05, 0.1) is 26.4 Å². The van der Waals surface area contributed by atoms with Crippen LogP contribution < -0.4 is 0 Å². The van der Waals surface area contributed by atoms with Crippen molar-refractivity contribution in [1.82, 2.24) is 0 Å². The molecule has 630 valence electrons. The van der Waals surface area contributed by atoms with E-state index in [0.717, 1.165) is 199 Å². The number of carbonyl (C=O) groups is 3. The Kier molecular flexibility index (Phi) is 79.6. The van der Waals surface area contributed by atoms with E-state index in [4.69, 9.17) is 32.3 Å². The van der Waals surface area contributed by atoms with Gasteiger partial charge < -0.3 is 34.2 Å². The van der Waals surface area contributed by atoms with E-state index in [1.54, 1.807) is 0 Å². The van der Waals surface area contributed by atoms with Gasteiger partial charge in [-0.25, -0.2) is 9.13 Å². The van der Waals surface area contributed by atoms with Crippen LogP contribution in [0.15, 0.2) is 194 Å². The lowest BCUT2D eigenvalue weighted by atomic mass is 10.0. The van der Waals surface area contributed by atoms with Crippen molar-refractivity contribution in [2.75, 3.05) is 39.6 Å². The number of aliphatic hydroxyl groups excluding tert-OH is 2. The van der Waals surface area contributed by atoms with E-state index in [-0.39, 0.29) is 19.3 Å². The minimum atomic E-state index is -4.95.